The molecule has 0 aromatic heterocycles. The fourth-order valence-electron chi connectivity index (χ4n) is 3.04. The largest absolute Gasteiger partial charge is 0.449 e. The standard InChI is InChI=1S/C17H31ClN2O4/c1-6-8-19(7-2)14-9-13(15(21)23-12-18)10-20(11-14)16(22)24-17(3,4)5/h13-14H,6-12H2,1-5H3. The zero-order valence-electron chi connectivity index (χ0n) is 15.5. The molecule has 1 heterocycles. The zero-order chi connectivity index (χ0) is 18.3. The van der Waals surface area contributed by atoms with Gasteiger partial charge in [-0.25, -0.2) is 4.79 Å². The second-order valence-electron chi connectivity index (χ2n) is 7.17. The highest BCUT2D eigenvalue weighted by Gasteiger charge is 2.38. The molecule has 0 aliphatic carbocycles. The first-order valence-corrected chi connectivity index (χ1v) is 9.19. The van der Waals surface area contributed by atoms with E-state index in [2.05, 4.69) is 18.7 Å². The van der Waals surface area contributed by atoms with Gasteiger partial charge in [-0.2, -0.15) is 0 Å². The van der Waals surface area contributed by atoms with E-state index in [4.69, 9.17) is 21.1 Å². The third kappa shape index (κ3) is 6.48. The van der Waals surface area contributed by atoms with E-state index in [1.807, 2.05) is 20.8 Å². The number of esters is 1. The van der Waals surface area contributed by atoms with Crippen LogP contribution in [0.4, 0.5) is 4.79 Å². The van der Waals surface area contributed by atoms with Crippen molar-refractivity contribution in [1.29, 1.82) is 0 Å². The summed E-state index contributed by atoms with van der Waals surface area (Å²) in [5, 5.41) is 0. The summed E-state index contributed by atoms with van der Waals surface area (Å²) in [5.41, 5.74) is -0.565. The number of rotatable bonds is 6. The number of carbonyl (C=O) groups is 2. The number of ether oxygens (including phenoxy) is 2. The number of hydrogen-bond acceptors (Lipinski definition) is 5. The van der Waals surface area contributed by atoms with Gasteiger partial charge in [0.15, 0.2) is 6.07 Å². The second kappa shape index (κ2) is 9.47. The SMILES string of the molecule is CCCN(CC)C1CC(C(=O)OCCl)CN(C(=O)OC(C)(C)C)C1. The van der Waals surface area contributed by atoms with Gasteiger partial charge in [0.1, 0.15) is 5.60 Å². The van der Waals surface area contributed by atoms with Crippen LogP contribution in [0, 0.1) is 5.92 Å². The second-order valence-corrected chi connectivity index (χ2v) is 7.39. The lowest BCUT2D eigenvalue weighted by Crippen LogP contribution is -2.55. The van der Waals surface area contributed by atoms with Gasteiger partial charge in [-0.1, -0.05) is 25.4 Å². The van der Waals surface area contributed by atoms with Gasteiger partial charge in [0.25, 0.3) is 0 Å². The van der Waals surface area contributed by atoms with Gasteiger partial charge in [0.05, 0.1) is 5.92 Å². The van der Waals surface area contributed by atoms with Crippen molar-refractivity contribution in [2.45, 2.75) is 59.1 Å². The smallest absolute Gasteiger partial charge is 0.410 e. The molecule has 1 aliphatic rings. The maximum Gasteiger partial charge on any atom is 0.410 e. The van der Waals surface area contributed by atoms with Crippen molar-refractivity contribution >= 4 is 23.7 Å². The van der Waals surface area contributed by atoms with Crippen LogP contribution in [0.1, 0.15) is 47.5 Å². The molecule has 1 aliphatic heterocycles. The number of piperidine rings is 1. The van der Waals surface area contributed by atoms with E-state index >= 15 is 0 Å². The summed E-state index contributed by atoms with van der Waals surface area (Å²) in [7, 11) is 0. The monoisotopic (exact) mass is 362 g/mol. The zero-order valence-corrected chi connectivity index (χ0v) is 16.3. The Balaban J connectivity index is 2.90. The maximum absolute atomic E-state index is 12.5. The van der Waals surface area contributed by atoms with E-state index in [1.54, 1.807) is 4.90 Å². The Kier molecular flexibility index (Phi) is 8.30. The molecule has 1 rings (SSSR count). The molecule has 0 radical (unpaired) electrons. The van der Waals surface area contributed by atoms with Crippen LogP contribution in [0.5, 0.6) is 0 Å². The summed E-state index contributed by atoms with van der Waals surface area (Å²) >= 11 is 5.52. The number of amides is 1. The number of carbonyl (C=O) groups excluding carboxylic acids is 2. The fourth-order valence-corrected chi connectivity index (χ4v) is 3.15. The molecule has 0 N–H and O–H groups in total. The third-order valence-corrected chi connectivity index (χ3v) is 4.15. The van der Waals surface area contributed by atoms with Crippen molar-refractivity contribution in [3.63, 3.8) is 0 Å². The third-order valence-electron chi connectivity index (χ3n) is 4.04. The summed E-state index contributed by atoms with van der Waals surface area (Å²) in [6.45, 7) is 12.4. The lowest BCUT2D eigenvalue weighted by molar-refractivity contribution is -0.149. The van der Waals surface area contributed by atoms with E-state index in [9.17, 15) is 9.59 Å². The highest BCUT2D eigenvalue weighted by atomic mass is 35.5. The molecule has 24 heavy (non-hydrogen) atoms. The molecule has 6 nitrogen and oxygen atoms in total. The summed E-state index contributed by atoms with van der Waals surface area (Å²) in [6, 6.07) is -0.0529. The number of halogens is 1. The first kappa shape index (κ1) is 21.0. The summed E-state index contributed by atoms with van der Waals surface area (Å²) in [4.78, 5) is 28.5. The quantitative estimate of drug-likeness (QED) is 0.536. The predicted octanol–water partition coefficient (Wildman–Crippen LogP) is 3.08. The van der Waals surface area contributed by atoms with Gasteiger partial charge in [-0.3, -0.25) is 9.69 Å². The van der Waals surface area contributed by atoms with Gasteiger partial charge in [-0.05, 0) is 46.7 Å². The molecular weight excluding hydrogens is 332 g/mol. The van der Waals surface area contributed by atoms with Crippen LogP contribution < -0.4 is 0 Å². The van der Waals surface area contributed by atoms with Crippen molar-refractivity contribution in [2.24, 2.45) is 5.92 Å². The molecule has 1 saturated heterocycles. The van der Waals surface area contributed by atoms with E-state index in [1.165, 1.54) is 0 Å². The van der Waals surface area contributed by atoms with Gasteiger partial charge in [0, 0.05) is 19.1 Å². The highest BCUT2D eigenvalue weighted by Crippen LogP contribution is 2.24. The molecule has 0 saturated carbocycles. The maximum atomic E-state index is 12.5. The Morgan fingerprint density at radius 3 is 2.42 bits per heavy atom. The molecule has 0 spiro atoms. The van der Waals surface area contributed by atoms with Crippen molar-refractivity contribution < 1.29 is 19.1 Å². The van der Waals surface area contributed by atoms with Crippen LogP contribution in [0.15, 0.2) is 0 Å². The van der Waals surface area contributed by atoms with Gasteiger partial charge in [-0.15, -0.1) is 0 Å². The van der Waals surface area contributed by atoms with Gasteiger partial charge >= 0.3 is 12.1 Å². The van der Waals surface area contributed by atoms with E-state index in [-0.39, 0.29) is 30.1 Å². The van der Waals surface area contributed by atoms with E-state index in [0.29, 0.717) is 19.5 Å². The molecule has 1 amide bonds. The first-order chi connectivity index (χ1) is 11.2. The van der Waals surface area contributed by atoms with Crippen molar-refractivity contribution in [2.75, 3.05) is 32.2 Å². The molecule has 2 atom stereocenters. The summed E-state index contributed by atoms with van der Waals surface area (Å²) in [6.07, 6.45) is 1.31. The number of alkyl halides is 1. The average molecular weight is 363 g/mol. The van der Waals surface area contributed by atoms with E-state index in [0.717, 1.165) is 19.5 Å². The normalized spacial score (nSPS) is 21.7. The molecule has 0 aromatic carbocycles. The topological polar surface area (TPSA) is 59.1 Å². The first-order valence-electron chi connectivity index (χ1n) is 8.66. The van der Waals surface area contributed by atoms with Crippen LogP contribution in [-0.2, 0) is 14.3 Å². The molecule has 1 fully saturated rings. The molecule has 0 bridgehead atoms. The van der Waals surface area contributed by atoms with Crippen molar-refractivity contribution in [1.82, 2.24) is 9.80 Å². The predicted molar refractivity (Wildman–Crippen MR) is 94.1 cm³/mol. The van der Waals surface area contributed by atoms with Crippen LogP contribution >= 0.6 is 11.6 Å². The molecule has 2 unspecified atom stereocenters. The lowest BCUT2D eigenvalue weighted by atomic mass is 9.93. The Labute approximate surface area is 150 Å². The van der Waals surface area contributed by atoms with Gasteiger partial charge in [0.2, 0.25) is 0 Å². The Bertz CT molecular complexity index is 425. The minimum absolute atomic E-state index is 0.115. The molecule has 140 valence electrons. The number of likely N-dealkylation sites (N-methyl/N-ethyl adjacent to an activating group) is 1. The summed E-state index contributed by atoms with van der Waals surface area (Å²) in [5.74, 6) is -0.725. The van der Waals surface area contributed by atoms with E-state index < -0.39 is 5.60 Å². The summed E-state index contributed by atoms with van der Waals surface area (Å²) < 4.78 is 10.4. The molecular formula is C17H31ClN2O4. The van der Waals surface area contributed by atoms with Crippen LogP contribution in [0.3, 0.4) is 0 Å². The molecule has 7 heteroatoms. The molecule has 0 aromatic rings. The highest BCUT2D eigenvalue weighted by molar-refractivity contribution is 6.17. The number of likely N-dealkylation sites (tertiary alicyclic amines) is 1. The minimum atomic E-state index is -0.565. The van der Waals surface area contributed by atoms with Crippen LogP contribution in [0.25, 0.3) is 0 Å². The lowest BCUT2D eigenvalue weighted by Gasteiger charge is -2.41. The van der Waals surface area contributed by atoms with Crippen molar-refractivity contribution in [3.8, 4) is 0 Å². The van der Waals surface area contributed by atoms with Crippen LogP contribution in [-0.4, -0.2) is 65.8 Å². The number of hydrogen-bond donors (Lipinski definition) is 0. The average Bonchev–Trinajstić information content (AvgIpc) is 2.50. The Morgan fingerprint density at radius 1 is 1.25 bits per heavy atom. The Hall–Kier alpha value is -1.01. The minimum Gasteiger partial charge on any atom is -0.449 e. The number of nitrogens with zero attached hydrogens (tertiary/aromatic N) is 2. The van der Waals surface area contributed by atoms with Crippen molar-refractivity contribution in [3.05, 3.63) is 0 Å². The fraction of sp³-hybridized carbons (Fsp3) is 0.882. The van der Waals surface area contributed by atoms with Gasteiger partial charge < -0.3 is 14.4 Å². The Morgan fingerprint density at radius 2 is 1.92 bits per heavy atom. The van der Waals surface area contributed by atoms with Crippen LogP contribution in [0.2, 0.25) is 0 Å².